The van der Waals surface area contributed by atoms with Crippen LogP contribution in [0.5, 0.6) is 11.5 Å². The van der Waals surface area contributed by atoms with Crippen molar-refractivity contribution in [2.75, 3.05) is 33.0 Å². The van der Waals surface area contributed by atoms with E-state index in [0.717, 1.165) is 49.7 Å². The molecule has 1 saturated heterocycles. The van der Waals surface area contributed by atoms with Crippen molar-refractivity contribution in [2.45, 2.75) is 12.8 Å². The number of fused-ring (bicyclic) bond motifs is 1. The predicted octanol–water partition coefficient (Wildman–Crippen LogP) is 1.20. The Kier molecular flexibility index (Phi) is 5.09. The average molecular weight is 299 g/mol. The van der Waals surface area contributed by atoms with Crippen LogP contribution in [-0.4, -0.2) is 43.8 Å². The number of ether oxygens (including phenoxy) is 2. The SMILES string of the molecule is Cl.O=C(Cc1ccc2c(c1)OCO2)N1CCCNCC1. The van der Waals surface area contributed by atoms with E-state index >= 15 is 0 Å². The summed E-state index contributed by atoms with van der Waals surface area (Å²) in [5.74, 6) is 1.68. The number of nitrogens with zero attached hydrogens (tertiary/aromatic N) is 1. The first-order chi connectivity index (χ1) is 9.33. The number of nitrogens with one attached hydrogen (secondary N) is 1. The molecule has 1 fully saturated rings. The van der Waals surface area contributed by atoms with Crippen molar-refractivity contribution in [1.82, 2.24) is 10.2 Å². The average Bonchev–Trinajstić information content (AvgIpc) is 2.71. The lowest BCUT2D eigenvalue weighted by Crippen LogP contribution is -2.35. The molecule has 2 aliphatic heterocycles. The molecule has 20 heavy (non-hydrogen) atoms. The van der Waals surface area contributed by atoms with E-state index in [2.05, 4.69) is 5.32 Å². The van der Waals surface area contributed by atoms with Crippen molar-refractivity contribution >= 4 is 18.3 Å². The van der Waals surface area contributed by atoms with Gasteiger partial charge in [-0.05, 0) is 30.7 Å². The molecule has 1 aromatic rings. The normalized spacial score (nSPS) is 17.3. The standard InChI is InChI=1S/C14H18N2O3.ClH/c17-14(16-6-1-4-15-5-7-16)9-11-2-3-12-13(8-11)19-10-18-12;/h2-3,8,15H,1,4-7,9-10H2;1H. The summed E-state index contributed by atoms with van der Waals surface area (Å²) >= 11 is 0. The second-order valence-electron chi connectivity index (χ2n) is 4.85. The van der Waals surface area contributed by atoms with Gasteiger partial charge < -0.3 is 19.7 Å². The topological polar surface area (TPSA) is 50.8 Å². The minimum Gasteiger partial charge on any atom is -0.454 e. The number of carbonyl (C=O) groups excluding carboxylic acids is 1. The maximum Gasteiger partial charge on any atom is 0.231 e. The van der Waals surface area contributed by atoms with E-state index in [4.69, 9.17) is 9.47 Å². The molecule has 5 nitrogen and oxygen atoms in total. The Morgan fingerprint density at radius 2 is 2.05 bits per heavy atom. The lowest BCUT2D eigenvalue weighted by Gasteiger charge is -2.20. The smallest absolute Gasteiger partial charge is 0.231 e. The van der Waals surface area contributed by atoms with Crippen LogP contribution in [-0.2, 0) is 11.2 Å². The minimum absolute atomic E-state index is 0. The highest BCUT2D eigenvalue weighted by Crippen LogP contribution is 2.32. The van der Waals surface area contributed by atoms with Gasteiger partial charge in [0.1, 0.15) is 0 Å². The molecule has 0 unspecified atom stereocenters. The maximum atomic E-state index is 12.2. The Balaban J connectivity index is 0.00000147. The van der Waals surface area contributed by atoms with Gasteiger partial charge in [-0.3, -0.25) is 4.79 Å². The van der Waals surface area contributed by atoms with E-state index in [9.17, 15) is 4.79 Å². The second kappa shape index (κ2) is 6.81. The summed E-state index contributed by atoms with van der Waals surface area (Å²) in [6.45, 7) is 3.78. The molecule has 2 aliphatic rings. The second-order valence-corrected chi connectivity index (χ2v) is 4.85. The Morgan fingerprint density at radius 1 is 1.20 bits per heavy atom. The zero-order valence-electron chi connectivity index (χ0n) is 11.3. The molecule has 1 amide bonds. The first kappa shape index (κ1) is 14.9. The lowest BCUT2D eigenvalue weighted by atomic mass is 10.1. The molecule has 3 rings (SSSR count). The number of halogens is 1. The molecule has 0 aliphatic carbocycles. The van der Waals surface area contributed by atoms with Crippen LogP contribution in [0.25, 0.3) is 0 Å². The summed E-state index contributed by atoms with van der Waals surface area (Å²) in [5, 5.41) is 3.30. The molecule has 2 heterocycles. The van der Waals surface area contributed by atoms with Crippen molar-refractivity contribution < 1.29 is 14.3 Å². The summed E-state index contributed by atoms with van der Waals surface area (Å²) in [5.41, 5.74) is 0.978. The summed E-state index contributed by atoms with van der Waals surface area (Å²) in [6.07, 6.45) is 1.45. The van der Waals surface area contributed by atoms with E-state index in [0.29, 0.717) is 6.42 Å². The van der Waals surface area contributed by atoms with Gasteiger partial charge in [-0.25, -0.2) is 0 Å². The molecule has 0 atom stereocenters. The van der Waals surface area contributed by atoms with Crippen molar-refractivity contribution in [2.24, 2.45) is 0 Å². The quantitative estimate of drug-likeness (QED) is 0.891. The molecular formula is C14H19ClN2O3. The first-order valence-corrected chi connectivity index (χ1v) is 6.70. The number of carbonyl (C=O) groups is 1. The molecule has 0 aromatic heterocycles. The molecule has 0 spiro atoms. The monoisotopic (exact) mass is 298 g/mol. The van der Waals surface area contributed by atoms with E-state index in [1.165, 1.54) is 0 Å². The molecule has 1 aromatic carbocycles. The summed E-state index contributed by atoms with van der Waals surface area (Å²) < 4.78 is 10.6. The molecule has 110 valence electrons. The van der Waals surface area contributed by atoms with Crippen LogP contribution in [0.3, 0.4) is 0 Å². The van der Waals surface area contributed by atoms with Crippen LogP contribution in [0.4, 0.5) is 0 Å². The van der Waals surface area contributed by atoms with Crippen molar-refractivity contribution in [1.29, 1.82) is 0 Å². The highest BCUT2D eigenvalue weighted by Gasteiger charge is 2.18. The fourth-order valence-corrected chi connectivity index (χ4v) is 2.43. The molecule has 6 heteroatoms. The summed E-state index contributed by atoms with van der Waals surface area (Å²) in [4.78, 5) is 14.2. The van der Waals surface area contributed by atoms with E-state index in [-0.39, 0.29) is 25.1 Å². The minimum atomic E-state index is 0. The fourth-order valence-electron chi connectivity index (χ4n) is 2.43. The van der Waals surface area contributed by atoms with E-state index in [1.807, 2.05) is 23.1 Å². The van der Waals surface area contributed by atoms with Gasteiger partial charge in [0, 0.05) is 19.6 Å². The van der Waals surface area contributed by atoms with E-state index < -0.39 is 0 Å². The van der Waals surface area contributed by atoms with Gasteiger partial charge in [0.2, 0.25) is 12.7 Å². The van der Waals surface area contributed by atoms with Crippen molar-refractivity contribution in [3.8, 4) is 11.5 Å². The number of benzene rings is 1. The zero-order chi connectivity index (χ0) is 13.1. The molecular weight excluding hydrogens is 280 g/mol. The van der Waals surface area contributed by atoms with Gasteiger partial charge in [0.05, 0.1) is 6.42 Å². The largest absolute Gasteiger partial charge is 0.454 e. The highest BCUT2D eigenvalue weighted by atomic mass is 35.5. The number of hydrogen-bond acceptors (Lipinski definition) is 4. The zero-order valence-corrected chi connectivity index (χ0v) is 12.1. The van der Waals surface area contributed by atoms with Gasteiger partial charge in [-0.1, -0.05) is 6.07 Å². The molecule has 0 bridgehead atoms. The summed E-state index contributed by atoms with van der Waals surface area (Å²) in [6, 6.07) is 5.70. The third-order valence-electron chi connectivity index (χ3n) is 3.49. The van der Waals surface area contributed by atoms with Gasteiger partial charge in [0.15, 0.2) is 11.5 Å². The van der Waals surface area contributed by atoms with Crippen LogP contribution in [0.15, 0.2) is 18.2 Å². The molecule has 0 saturated carbocycles. The van der Waals surface area contributed by atoms with Crippen molar-refractivity contribution in [3.05, 3.63) is 23.8 Å². The molecule has 1 N–H and O–H groups in total. The van der Waals surface area contributed by atoms with Crippen molar-refractivity contribution in [3.63, 3.8) is 0 Å². The Labute approximate surface area is 124 Å². The highest BCUT2D eigenvalue weighted by molar-refractivity contribution is 5.85. The van der Waals surface area contributed by atoms with Crippen LogP contribution in [0.1, 0.15) is 12.0 Å². The van der Waals surface area contributed by atoms with Crippen LogP contribution in [0.2, 0.25) is 0 Å². The van der Waals surface area contributed by atoms with Gasteiger partial charge in [-0.2, -0.15) is 0 Å². The maximum absolute atomic E-state index is 12.2. The van der Waals surface area contributed by atoms with Crippen LogP contribution in [0, 0.1) is 0 Å². The van der Waals surface area contributed by atoms with Gasteiger partial charge in [0.25, 0.3) is 0 Å². The Morgan fingerprint density at radius 3 is 2.95 bits per heavy atom. The first-order valence-electron chi connectivity index (χ1n) is 6.70. The predicted molar refractivity (Wildman–Crippen MR) is 77.6 cm³/mol. The lowest BCUT2D eigenvalue weighted by molar-refractivity contribution is -0.130. The molecule has 0 radical (unpaired) electrons. The third kappa shape index (κ3) is 3.35. The van der Waals surface area contributed by atoms with E-state index in [1.54, 1.807) is 0 Å². The van der Waals surface area contributed by atoms with Crippen LogP contribution < -0.4 is 14.8 Å². The summed E-state index contributed by atoms with van der Waals surface area (Å²) in [7, 11) is 0. The number of amides is 1. The third-order valence-corrected chi connectivity index (χ3v) is 3.49. The van der Waals surface area contributed by atoms with Crippen LogP contribution >= 0.6 is 12.4 Å². The number of rotatable bonds is 2. The fraction of sp³-hybridized carbons (Fsp3) is 0.500. The Hall–Kier alpha value is -1.46. The Bertz CT molecular complexity index is 473. The number of hydrogen-bond donors (Lipinski definition) is 1. The van der Waals surface area contributed by atoms with Gasteiger partial charge >= 0.3 is 0 Å². The van der Waals surface area contributed by atoms with Gasteiger partial charge in [-0.15, -0.1) is 12.4 Å².